The van der Waals surface area contributed by atoms with E-state index in [1.807, 2.05) is 24.3 Å². The van der Waals surface area contributed by atoms with Crippen LogP contribution in [0.15, 0.2) is 52.3 Å². The second kappa shape index (κ2) is 8.63. The molecule has 0 aromatic heterocycles. The summed E-state index contributed by atoms with van der Waals surface area (Å²) in [5.74, 6) is 0.219. The molecule has 2 aromatic rings. The normalized spacial score (nSPS) is 14.8. The van der Waals surface area contributed by atoms with Crippen molar-refractivity contribution in [3.8, 4) is 0 Å². The largest absolute Gasteiger partial charge is 0.352 e. The van der Waals surface area contributed by atoms with Crippen LogP contribution >= 0.6 is 23.4 Å². The van der Waals surface area contributed by atoms with E-state index in [1.54, 1.807) is 24.3 Å². The van der Waals surface area contributed by atoms with Gasteiger partial charge in [0.2, 0.25) is 0 Å². The monoisotopic (exact) mass is 400 g/mol. The maximum Gasteiger partial charge on any atom is 0.262 e. The van der Waals surface area contributed by atoms with Gasteiger partial charge in [0.25, 0.3) is 11.8 Å². The van der Waals surface area contributed by atoms with Gasteiger partial charge in [-0.05, 0) is 54.3 Å². The lowest BCUT2D eigenvalue weighted by molar-refractivity contribution is -0.112. The number of rotatable bonds is 5. The maximum atomic E-state index is 12.4. The topological polar surface area (TPSA) is 58.2 Å². The Morgan fingerprint density at radius 2 is 2.07 bits per heavy atom. The molecular formula is C21H21ClN2O2S. The molecule has 0 spiro atoms. The van der Waals surface area contributed by atoms with Crippen LogP contribution in [0, 0.1) is 5.92 Å². The van der Waals surface area contributed by atoms with Crippen LogP contribution in [0.25, 0.3) is 6.08 Å². The molecule has 1 heterocycles. The van der Waals surface area contributed by atoms with Crippen molar-refractivity contribution in [2.24, 2.45) is 5.92 Å². The van der Waals surface area contributed by atoms with Crippen molar-refractivity contribution in [3.05, 3.63) is 63.5 Å². The van der Waals surface area contributed by atoms with Crippen LogP contribution in [0.1, 0.15) is 36.2 Å². The average molecular weight is 401 g/mol. The van der Waals surface area contributed by atoms with Gasteiger partial charge in [-0.1, -0.05) is 49.3 Å². The smallest absolute Gasteiger partial charge is 0.262 e. The lowest BCUT2D eigenvalue weighted by Crippen LogP contribution is -2.26. The highest BCUT2D eigenvalue weighted by atomic mass is 35.5. The molecule has 0 fully saturated rings. The summed E-state index contributed by atoms with van der Waals surface area (Å²) in [5.41, 5.74) is 2.06. The molecule has 0 saturated heterocycles. The molecule has 2 N–H and O–H groups in total. The Balaban J connectivity index is 1.75. The van der Waals surface area contributed by atoms with Gasteiger partial charge in [0.1, 0.15) is 0 Å². The lowest BCUT2D eigenvalue weighted by Gasteiger charge is -2.19. The van der Waals surface area contributed by atoms with Crippen molar-refractivity contribution in [2.45, 2.75) is 25.2 Å². The first kappa shape index (κ1) is 19.5. The molecule has 140 valence electrons. The summed E-state index contributed by atoms with van der Waals surface area (Å²) in [6.45, 7) is 4.87. The van der Waals surface area contributed by atoms with Crippen molar-refractivity contribution in [1.82, 2.24) is 5.32 Å². The Hall–Kier alpha value is -2.24. The number of benzene rings is 2. The number of anilines is 1. The van der Waals surface area contributed by atoms with E-state index in [2.05, 4.69) is 24.5 Å². The van der Waals surface area contributed by atoms with E-state index in [4.69, 9.17) is 11.6 Å². The van der Waals surface area contributed by atoms with Gasteiger partial charge in [0.05, 0.1) is 10.6 Å². The zero-order valence-corrected chi connectivity index (χ0v) is 16.8. The Morgan fingerprint density at radius 1 is 1.26 bits per heavy atom. The molecule has 0 unspecified atom stereocenters. The van der Waals surface area contributed by atoms with Crippen LogP contribution < -0.4 is 10.6 Å². The molecular weight excluding hydrogens is 380 g/mol. The highest BCUT2D eigenvalue weighted by molar-refractivity contribution is 8.04. The summed E-state index contributed by atoms with van der Waals surface area (Å²) in [6.07, 6.45) is 2.74. The lowest BCUT2D eigenvalue weighted by atomic mass is 10.1. The standard InChI is InChI=1S/C21H21ClN2O2S/c1-13(2)8-9-23-20(25)15-6-7-18-17(12-15)24-21(26)19(27-18)11-14-4-3-5-16(22)10-14/h3-7,10-13H,8-9H2,1-2H3,(H,23,25)(H,24,26). The van der Waals surface area contributed by atoms with E-state index in [-0.39, 0.29) is 11.8 Å². The summed E-state index contributed by atoms with van der Waals surface area (Å²) in [4.78, 5) is 26.2. The van der Waals surface area contributed by atoms with Crippen LogP contribution in [-0.2, 0) is 4.79 Å². The Morgan fingerprint density at radius 3 is 2.81 bits per heavy atom. The van der Waals surface area contributed by atoms with Crippen molar-refractivity contribution in [3.63, 3.8) is 0 Å². The highest BCUT2D eigenvalue weighted by Crippen LogP contribution is 2.39. The Labute approximate surface area is 168 Å². The van der Waals surface area contributed by atoms with Crippen LogP contribution in [0.4, 0.5) is 5.69 Å². The van der Waals surface area contributed by atoms with Crippen molar-refractivity contribution in [1.29, 1.82) is 0 Å². The summed E-state index contributed by atoms with van der Waals surface area (Å²) in [6, 6.07) is 12.7. The minimum absolute atomic E-state index is 0.127. The average Bonchev–Trinajstić information content (AvgIpc) is 2.61. The van der Waals surface area contributed by atoms with Crippen LogP contribution in [0.5, 0.6) is 0 Å². The summed E-state index contributed by atoms with van der Waals surface area (Å²) >= 11 is 7.39. The summed E-state index contributed by atoms with van der Waals surface area (Å²) < 4.78 is 0. The maximum absolute atomic E-state index is 12.4. The molecule has 0 atom stereocenters. The van der Waals surface area contributed by atoms with Crippen molar-refractivity contribution >= 4 is 46.9 Å². The number of carbonyl (C=O) groups excluding carboxylic acids is 2. The van der Waals surface area contributed by atoms with Gasteiger partial charge in [-0.25, -0.2) is 0 Å². The molecule has 2 amide bonds. The van der Waals surface area contributed by atoms with E-state index < -0.39 is 0 Å². The SMILES string of the molecule is CC(C)CCNC(=O)c1ccc2c(c1)NC(=O)C(=Cc1cccc(Cl)c1)S2. The fraction of sp³-hybridized carbons (Fsp3) is 0.238. The molecule has 1 aliphatic rings. The fourth-order valence-electron chi connectivity index (χ4n) is 2.63. The number of halogens is 1. The third-order valence-electron chi connectivity index (χ3n) is 4.09. The molecule has 0 aliphatic carbocycles. The van der Waals surface area contributed by atoms with Gasteiger partial charge in [-0.15, -0.1) is 0 Å². The predicted octanol–water partition coefficient (Wildman–Crippen LogP) is 5.20. The van der Waals surface area contributed by atoms with Gasteiger partial charge in [0.15, 0.2) is 0 Å². The van der Waals surface area contributed by atoms with Crippen LogP contribution in [0.2, 0.25) is 5.02 Å². The zero-order valence-electron chi connectivity index (χ0n) is 15.2. The zero-order chi connectivity index (χ0) is 19.4. The molecule has 0 radical (unpaired) electrons. The van der Waals surface area contributed by atoms with Crippen molar-refractivity contribution in [2.75, 3.05) is 11.9 Å². The first-order chi connectivity index (χ1) is 12.9. The third kappa shape index (κ3) is 5.15. The number of fused-ring (bicyclic) bond motifs is 1. The molecule has 2 aromatic carbocycles. The number of hydrogen-bond acceptors (Lipinski definition) is 3. The van der Waals surface area contributed by atoms with E-state index >= 15 is 0 Å². The first-order valence-corrected chi connectivity index (χ1v) is 10.0. The Bertz CT molecular complexity index is 909. The minimum Gasteiger partial charge on any atom is -0.352 e. The summed E-state index contributed by atoms with van der Waals surface area (Å²) in [5, 5.41) is 6.41. The second-order valence-corrected chi connectivity index (χ2v) is 8.29. The quantitative estimate of drug-likeness (QED) is 0.678. The fourth-order valence-corrected chi connectivity index (χ4v) is 3.76. The highest BCUT2D eigenvalue weighted by Gasteiger charge is 2.22. The molecule has 4 nitrogen and oxygen atoms in total. The number of thioether (sulfide) groups is 1. The number of amides is 2. The molecule has 1 aliphatic heterocycles. The number of hydrogen-bond donors (Lipinski definition) is 2. The number of nitrogens with one attached hydrogen (secondary N) is 2. The molecule has 3 rings (SSSR count). The van der Waals surface area contributed by atoms with Crippen LogP contribution in [-0.4, -0.2) is 18.4 Å². The van der Waals surface area contributed by atoms with Crippen LogP contribution in [0.3, 0.4) is 0 Å². The van der Waals surface area contributed by atoms with E-state index in [1.165, 1.54) is 11.8 Å². The predicted molar refractivity (Wildman–Crippen MR) is 112 cm³/mol. The van der Waals surface area contributed by atoms with Gasteiger partial charge in [-0.3, -0.25) is 9.59 Å². The third-order valence-corrected chi connectivity index (χ3v) is 5.42. The number of carbonyl (C=O) groups is 2. The van der Waals surface area contributed by atoms with E-state index in [0.717, 1.165) is 16.9 Å². The summed E-state index contributed by atoms with van der Waals surface area (Å²) in [7, 11) is 0. The van der Waals surface area contributed by atoms with E-state index in [0.29, 0.717) is 33.6 Å². The molecule has 0 bridgehead atoms. The van der Waals surface area contributed by atoms with Gasteiger partial charge in [-0.2, -0.15) is 0 Å². The van der Waals surface area contributed by atoms with Crippen molar-refractivity contribution < 1.29 is 9.59 Å². The Kier molecular flexibility index (Phi) is 6.24. The molecule has 6 heteroatoms. The van der Waals surface area contributed by atoms with E-state index in [9.17, 15) is 9.59 Å². The van der Waals surface area contributed by atoms with Gasteiger partial charge in [0, 0.05) is 22.0 Å². The molecule has 27 heavy (non-hydrogen) atoms. The first-order valence-electron chi connectivity index (χ1n) is 8.81. The minimum atomic E-state index is -0.190. The molecule has 0 saturated carbocycles. The second-order valence-electron chi connectivity index (χ2n) is 6.77. The van der Waals surface area contributed by atoms with Gasteiger partial charge < -0.3 is 10.6 Å². The van der Waals surface area contributed by atoms with Gasteiger partial charge >= 0.3 is 0 Å².